The van der Waals surface area contributed by atoms with E-state index in [1.54, 1.807) is 13.2 Å². The molecule has 1 unspecified atom stereocenters. The molecule has 0 aromatic heterocycles. The van der Waals surface area contributed by atoms with Crippen LogP contribution in [0.1, 0.15) is 39.0 Å². The molecule has 3 rings (SSSR count). The fourth-order valence-electron chi connectivity index (χ4n) is 4.41. The zero-order chi connectivity index (χ0) is 21.4. The molecule has 0 radical (unpaired) electrons. The summed E-state index contributed by atoms with van der Waals surface area (Å²) in [6.45, 7) is 1.97. The Balaban J connectivity index is 1.71. The summed E-state index contributed by atoms with van der Waals surface area (Å²) < 4.78 is 17.3. The number of piperidine rings is 1. The normalized spacial score (nSPS) is 25.8. The molecular weight excluding hydrogens is 449 g/mol. The van der Waals surface area contributed by atoms with Gasteiger partial charge in [0.15, 0.2) is 0 Å². The molecule has 30 heavy (non-hydrogen) atoms. The molecule has 2 aliphatic heterocycles. The number of nitrogens with zero attached hydrogens (tertiary/aromatic N) is 1. The first-order chi connectivity index (χ1) is 14.6. The number of amides is 1. The summed E-state index contributed by atoms with van der Waals surface area (Å²) in [5.41, 5.74) is -0.320. The van der Waals surface area contributed by atoms with Crippen molar-refractivity contribution in [3.8, 4) is 0 Å². The summed E-state index contributed by atoms with van der Waals surface area (Å²) >= 11 is 0.432. The van der Waals surface area contributed by atoms with Crippen LogP contribution < -0.4 is 4.46 Å². The molecule has 1 amide bonds. The van der Waals surface area contributed by atoms with E-state index in [-0.39, 0.29) is 24.3 Å². The summed E-state index contributed by atoms with van der Waals surface area (Å²) in [6.07, 6.45) is 7.86. The molecule has 3 atom stereocenters. The van der Waals surface area contributed by atoms with Crippen LogP contribution in [-0.2, 0) is 23.8 Å². The van der Waals surface area contributed by atoms with Crippen LogP contribution in [0.3, 0.4) is 0 Å². The van der Waals surface area contributed by atoms with E-state index in [0.717, 1.165) is 37.4 Å². The zero-order valence-corrected chi connectivity index (χ0v) is 19.5. The van der Waals surface area contributed by atoms with Crippen molar-refractivity contribution in [1.29, 1.82) is 0 Å². The number of carbonyl (C=O) groups excluding carboxylic acids is 2. The summed E-state index contributed by atoms with van der Waals surface area (Å²) in [5.74, 6) is -0.577. The van der Waals surface area contributed by atoms with Crippen LogP contribution in [0, 0.1) is 0 Å². The van der Waals surface area contributed by atoms with Crippen molar-refractivity contribution in [2.75, 3.05) is 20.5 Å². The fourth-order valence-corrected chi connectivity index (χ4v) is 6.25. The second-order valence-corrected chi connectivity index (χ2v) is 10.2. The molecule has 0 spiro atoms. The van der Waals surface area contributed by atoms with Crippen molar-refractivity contribution in [2.24, 2.45) is 0 Å². The predicted molar refractivity (Wildman–Crippen MR) is 116 cm³/mol. The van der Waals surface area contributed by atoms with E-state index in [9.17, 15) is 9.59 Å². The van der Waals surface area contributed by atoms with Crippen LogP contribution in [0.4, 0.5) is 0 Å². The Hall–Kier alpha value is -1.66. The van der Waals surface area contributed by atoms with E-state index in [4.69, 9.17) is 14.2 Å². The van der Waals surface area contributed by atoms with Crippen molar-refractivity contribution < 1.29 is 23.8 Å². The van der Waals surface area contributed by atoms with Gasteiger partial charge in [-0.25, -0.2) is 0 Å². The van der Waals surface area contributed by atoms with Gasteiger partial charge in [-0.1, -0.05) is 0 Å². The minimum atomic E-state index is -0.841. The number of carbonyl (C=O) groups is 2. The standard InChI is InChI=1S/C23H31NO5Se/c1-18(25)29-21-11-14-23(13-7-15-30-20-9-4-3-5-10-20)12-6-8-19(16-28-17-27-2)24(23)22(21)26/h3-5,9-11,14,19,21H,6-8,12-13,15-17H2,1-2H3/t19-,21?,23-/m1/s1. The molecule has 1 aromatic rings. The van der Waals surface area contributed by atoms with E-state index in [1.807, 2.05) is 11.0 Å². The second kappa shape index (κ2) is 11.1. The maximum absolute atomic E-state index is 13.3. The third-order valence-electron chi connectivity index (χ3n) is 5.62. The average Bonchev–Trinajstić information content (AvgIpc) is 2.74. The number of fused-ring (bicyclic) bond motifs is 1. The van der Waals surface area contributed by atoms with Crippen molar-refractivity contribution in [3.05, 3.63) is 42.5 Å². The molecule has 164 valence electrons. The molecule has 0 N–H and O–H groups in total. The van der Waals surface area contributed by atoms with E-state index in [1.165, 1.54) is 11.4 Å². The van der Waals surface area contributed by atoms with Gasteiger partial charge >= 0.3 is 185 Å². The Labute approximate surface area is 185 Å². The number of esters is 1. The van der Waals surface area contributed by atoms with E-state index in [0.29, 0.717) is 21.6 Å². The third kappa shape index (κ3) is 5.73. The van der Waals surface area contributed by atoms with Gasteiger partial charge in [0.25, 0.3) is 0 Å². The van der Waals surface area contributed by atoms with Gasteiger partial charge in [-0.05, 0) is 0 Å². The van der Waals surface area contributed by atoms with Crippen molar-refractivity contribution >= 4 is 31.3 Å². The third-order valence-corrected chi connectivity index (χ3v) is 7.93. The molecule has 1 aromatic carbocycles. The van der Waals surface area contributed by atoms with Gasteiger partial charge in [0, 0.05) is 0 Å². The molecule has 2 aliphatic rings. The van der Waals surface area contributed by atoms with Gasteiger partial charge in [0.2, 0.25) is 0 Å². The van der Waals surface area contributed by atoms with Gasteiger partial charge in [-0.3, -0.25) is 0 Å². The first-order valence-electron chi connectivity index (χ1n) is 10.5. The SMILES string of the molecule is COCOC[C@H]1CCC[C@@]2(CCC[Se]c3ccccc3)C=CC(OC(C)=O)C(=O)N12. The monoisotopic (exact) mass is 481 g/mol. The predicted octanol–water partition coefficient (Wildman–Crippen LogP) is 2.46. The molecule has 1 fully saturated rings. The van der Waals surface area contributed by atoms with E-state index in [2.05, 4.69) is 30.3 Å². The number of ether oxygens (including phenoxy) is 3. The number of rotatable bonds is 10. The van der Waals surface area contributed by atoms with Gasteiger partial charge in [0.05, 0.1) is 0 Å². The fraction of sp³-hybridized carbons (Fsp3) is 0.565. The van der Waals surface area contributed by atoms with Crippen LogP contribution in [0.15, 0.2) is 42.5 Å². The summed E-state index contributed by atoms with van der Waals surface area (Å²) in [5, 5.41) is 1.13. The molecule has 6 nitrogen and oxygen atoms in total. The Morgan fingerprint density at radius 2 is 2.10 bits per heavy atom. The number of methoxy groups -OCH3 is 1. The van der Waals surface area contributed by atoms with Crippen LogP contribution in [0.2, 0.25) is 5.32 Å². The number of hydrogen-bond donors (Lipinski definition) is 0. The van der Waals surface area contributed by atoms with Crippen molar-refractivity contribution in [3.63, 3.8) is 0 Å². The summed E-state index contributed by atoms with van der Waals surface area (Å²) in [7, 11) is 1.59. The minimum absolute atomic E-state index is 0.0379. The molecule has 0 aliphatic carbocycles. The number of benzene rings is 1. The first kappa shape index (κ1) is 23.0. The Morgan fingerprint density at radius 1 is 1.30 bits per heavy atom. The summed E-state index contributed by atoms with van der Waals surface area (Å²) in [6, 6.07) is 10.5. The zero-order valence-electron chi connectivity index (χ0n) is 17.7. The van der Waals surface area contributed by atoms with E-state index < -0.39 is 12.1 Å². The number of hydrogen-bond acceptors (Lipinski definition) is 5. The van der Waals surface area contributed by atoms with Gasteiger partial charge in [-0.15, -0.1) is 0 Å². The molecule has 2 heterocycles. The van der Waals surface area contributed by atoms with E-state index >= 15 is 0 Å². The molecular formula is C23H31NO5Se. The molecule has 1 saturated heterocycles. The quantitative estimate of drug-likeness (QED) is 0.169. The topological polar surface area (TPSA) is 65.1 Å². The van der Waals surface area contributed by atoms with Crippen molar-refractivity contribution in [2.45, 2.75) is 62.0 Å². The maximum atomic E-state index is 13.3. The Morgan fingerprint density at radius 3 is 2.83 bits per heavy atom. The van der Waals surface area contributed by atoms with Gasteiger partial charge in [-0.2, -0.15) is 0 Å². The Bertz CT molecular complexity index is 740. The van der Waals surface area contributed by atoms with Crippen LogP contribution in [-0.4, -0.2) is 69.9 Å². The van der Waals surface area contributed by atoms with Crippen LogP contribution in [0.25, 0.3) is 0 Å². The van der Waals surface area contributed by atoms with Crippen LogP contribution in [0.5, 0.6) is 0 Å². The molecule has 0 bridgehead atoms. The van der Waals surface area contributed by atoms with Gasteiger partial charge < -0.3 is 0 Å². The average molecular weight is 480 g/mol. The Kier molecular flexibility index (Phi) is 8.51. The molecule has 0 saturated carbocycles. The first-order valence-corrected chi connectivity index (χ1v) is 12.6. The molecule has 7 heteroatoms. The van der Waals surface area contributed by atoms with Crippen LogP contribution >= 0.6 is 0 Å². The van der Waals surface area contributed by atoms with Crippen molar-refractivity contribution in [1.82, 2.24) is 4.90 Å². The second-order valence-electron chi connectivity index (χ2n) is 7.79. The summed E-state index contributed by atoms with van der Waals surface area (Å²) in [4.78, 5) is 26.7. The van der Waals surface area contributed by atoms with Gasteiger partial charge in [0.1, 0.15) is 0 Å².